The maximum absolute atomic E-state index is 17.4. The maximum atomic E-state index is 17.4. The minimum absolute atomic E-state index is 0.0248. The van der Waals surface area contributed by atoms with Crippen molar-refractivity contribution in [3.8, 4) is 23.1 Å². The zero-order chi connectivity index (χ0) is 34.5. The zero-order valence-electron chi connectivity index (χ0n) is 27.6. The molecule has 1 saturated carbocycles. The molecule has 3 fully saturated rings. The zero-order valence-corrected chi connectivity index (χ0v) is 28.3. The molecule has 3 N–H and O–H groups in total. The molecule has 7 heterocycles. The number of nitrogen functional groups attached to an aromatic ring is 1. The molecule has 11 nitrogen and oxygen atoms in total. The van der Waals surface area contributed by atoms with Crippen LogP contribution in [0.15, 0.2) is 24.5 Å². The first-order valence-electron chi connectivity index (χ1n) is 17.0. The third-order valence-electron chi connectivity index (χ3n) is 11.0. The number of pyridine rings is 2. The molecule has 260 valence electrons. The number of nitrogens with two attached hydrogens (primary N) is 1. The maximum Gasteiger partial charge on any atom is 0.319 e. The fraction of sp³-hybridized carbons (Fsp3) is 0.457. The number of fused-ring (bicyclic) bond motifs is 2. The normalized spacial score (nSPS) is 21.3. The number of ether oxygens (including phenoxy) is 2. The van der Waals surface area contributed by atoms with Gasteiger partial charge in [-0.05, 0) is 77.6 Å². The lowest BCUT2D eigenvalue weighted by molar-refractivity contribution is 0.108. The second-order valence-corrected chi connectivity index (χ2v) is 14.5. The van der Waals surface area contributed by atoms with E-state index in [1.54, 1.807) is 6.07 Å². The van der Waals surface area contributed by atoms with E-state index in [-0.39, 0.29) is 87.3 Å². The number of anilines is 2. The van der Waals surface area contributed by atoms with Gasteiger partial charge >= 0.3 is 6.01 Å². The Morgan fingerprint density at radius 3 is 2.66 bits per heavy atom. The van der Waals surface area contributed by atoms with Gasteiger partial charge in [0, 0.05) is 27.1 Å². The van der Waals surface area contributed by atoms with Crippen molar-refractivity contribution in [1.29, 1.82) is 0 Å². The number of alkyl halides is 1. The van der Waals surface area contributed by atoms with E-state index in [0.717, 1.165) is 45.0 Å². The Labute approximate surface area is 290 Å². The Hall–Kier alpha value is -4.43. The molecular weight excluding hydrogens is 671 g/mol. The standard InChI is InChI=1S/C35H35ClF3N9O2/c1-17-15-49-32-25-29(27(38)28(43-32)24-21-14-42-46-23(21)12-22(36)26(24)35(39)7-8-35)44-33(50-16-34-5-3-9-47(34)10-4-6-34)45-31(25)48(17)18(2)20-11-19(37)13-41-30(20)40/h11-14,17-18H,3-10,15-16H2,1-2H3,(H2,40,41)(H,42,46)/t17-,18?/m0/s1. The van der Waals surface area contributed by atoms with E-state index in [1.807, 2.05) is 18.7 Å². The van der Waals surface area contributed by atoms with Crippen LogP contribution in [0.4, 0.5) is 24.8 Å². The molecule has 4 aromatic heterocycles. The molecule has 50 heavy (non-hydrogen) atoms. The van der Waals surface area contributed by atoms with Crippen LogP contribution in [0.3, 0.4) is 0 Å². The number of hydrogen-bond acceptors (Lipinski definition) is 10. The fourth-order valence-electron chi connectivity index (χ4n) is 8.39. The van der Waals surface area contributed by atoms with Gasteiger partial charge in [-0.3, -0.25) is 10.00 Å². The smallest absolute Gasteiger partial charge is 0.319 e. The van der Waals surface area contributed by atoms with Crippen LogP contribution in [0.1, 0.15) is 69.5 Å². The summed E-state index contributed by atoms with van der Waals surface area (Å²) < 4.78 is 60.7. The number of hydrogen-bond donors (Lipinski definition) is 2. The van der Waals surface area contributed by atoms with Crippen LogP contribution >= 0.6 is 11.6 Å². The van der Waals surface area contributed by atoms with Crippen molar-refractivity contribution in [2.75, 3.05) is 36.9 Å². The highest BCUT2D eigenvalue weighted by Gasteiger charge is 2.49. The van der Waals surface area contributed by atoms with E-state index in [0.29, 0.717) is 23.1 Å². The minimum atomic E-state index is -1.74. The lowest BCUT2D eigenvalue weighted by Crippen LogP contribution is -2.43. The first-order chi connectivity index (χ1) is 24.1. The van der Waals surface area contributed by atoms with Crippen molar-refractivity contribution >= 4 is 45.0 Å². The lowest BCUT2D eigenvalue weighted by Gasteiger charge is -2.35. The Morgan fingerprint density at radius 2 is 1.90 bits per heavy atom. The number of rotatable bonds is 7. The summed E-state index contributed by atoms with van der Waals surface area (Å²) in [6.07, 6.45) is 7.18. The van der Waals surface area contributed by atoms with Crippen LogP contribution in [0.5, 0.6) is 11.9 Å². The van der Waals surface area contributed by atoms with Gasteiger partial charge in [0.1, 0.15) is 52.9 Å². The summed E-state index contributed by atoms with van der Waals surface area (Å²) in [7, 11) is 0. The largest absolute Gasteiger partial charge is 0.475 e. The van der Waals surface area contributed by atoms with Crippen molar-refractivity contribution in [3.63, 3.8) is 0 Å². The quantitative estimate of drug-likeness (QED) is 0.187. The summed E-state index contributed by atoms with van der Waals surface area (Å²) in [6.45, 7) is 6.20. The van der Waals surface area contributed by atoms with E-state index in [9.17, 15) is 4.39 Å². The molecule has 0 spiro atoms. The summed E-state index contributed by atoms with van der Waals surface area (Å²) in [5.74, 6) is -0.859. The molecule has 0 amide bonds. The highest BCUT2D eigenvalue weighted by atomic mass is 35.5. The van der Waals surface area contributed by atoms with Crippen LogP contribution in [0.2, 0.25) is 5.02 Å². The van der Waals surface area contributed by atoms with Gasteiger partial charge in [-0.15, -0.1) is 0 Å². The molecular formula is C35H35ClF3N9O2. The van der Waals surface area contributed by atoms with Crippen molar-refractivity contribution in [3.05, 3.63) is 52.3 Å². The van der Waals surface area contributed by atoms with E-state index >= 15 is 8.78 Å². The average Bonchev–Trinajstić information content (AvgIpc) is 3.38. The van der Waals surface area contributed by atoms with Gasteiger partial charge in [0.2, 0.25) is 5.88 Å². The number of nitrogens with zero attached hydrogens (tertiary/aromatic N) is 7. The van der Waals surface area contributed by atoms with Crippen LogP contribution < -0.4 is 20.1 Å². The number of aromatic nitrogens is 6. The molecule has 0 bridgehead atoms. The van der Waals surface area contributed by atoms with Gasteiger partial charge in [-0.25, -0.2) is 23.1 Å². The van der Waals surface area contributed by atoms with Gasteiger partial charge in [0.15, 0.2) is 5.82 Å². The first-order valence-corrected chi connectivity index (χ1v) is 17.4. The van der Waals surface area contributed by atoms with Crippen molar-refractivity contribution in [2.24, 2.45) is 0 Å². The van der Waals surface area contributed by atoms with E-state index in [4.69, 9.17) is 36.8 Å². The molecule has 3 aliphatic heterocycles. The van der Waals surface area contributed by atoms with Gasteiger partial charge in [0.25, 0.3) is 0 Å². The molecule has 9 rings (SSSR count). The molecule has 1 aromatic carbocycles. The Balaban J connectivity index is 1.28. The number of H-pyrrole nitrogens is 1. The highest BCUT2D eigenvalue weighted by molar-refractivity contribution is 6.33. The average molecular weight is 706 g/mol. The molecule has 0 radical (unpaired) electrons. The van der Waals surface area contributed by atoms with Crippen LogP contribution in [-0.2, 0) is 5.67 Å². The van der Waals surface area contributed by atoms with E-state index < -0.39 is 23.3 Å². The molecule has 2 saturated heterocycles. The molecule has 2 atom stereocenters. The molecule has 1 aliphatic carbocycles. The topological polar surface area (TPSA) is 131 Å². The second-order valence-electron chi connectivity index (χ2n) is 14.1. The monoisotopic (exact) mass is 705 g/mol. The SMILES string of the molecule is CC(c1cc(F)cnc1N)N1c2nc(OCC34CCCN3CCC4)nc3c(F)c(-c4c(C5(F)CC5)c(Cl)cc5[nH]ncc45)nc(c23)OC[C@@H]1C. The predicted molar refractivity (Wildman–Crippen MR) is 182 cm³/mol. The summed E-state index contributed by atoms with van der Waals surface area (Å²) in [5, 5.41) is 7.82. The molecule has 1 unspecified atom stereocenters. The summed E-state index contributed by atoms with van der Waals surface area (Å²) in [6, 6.07) is 1.94. The van der Waals surface area contributed by atoms with Gasteiger partial charge in [0.05, 0.1) is 35.5 Å². The predicted octanol–water partition coefficient (Wildman–Crippen LogP) is 6.79. The van der Waals surface area contributed by atoms with Crippen LogP contribution in [0.25, 0.3) is 33.1 Å². The van der Waals surface area contributed by atoms with Gasteiger partial charge in [-0.2, -0.15) is 15.1 Å². The lowest BCUT2D eigenvalue weighted by atomic mass is 9.94. The summed E-state index contributed by atoms with van der Waals surface area (Å²) in [4.78, 5) is 22.7. The minimum Gasteiger partial charge on any atom is -0.475 e. The van der Waals surface area contributed by atoms with Crippen LogP contribution in [-0.4, -0.2) is 72.9 Å². The number of aromatic amines is 1. The van der Waals surface area contributed by atoms with Crippen molar-refractivity contribution in [2.45, 2.75) is 75.7 Å². The highest BCUT2D eigenvalue weighted by Crippen LogP contribution is 2.57. The number of nitrogens with one attached hydrogen (secondary N) is 1. The van der Waals surface area contributed by atoms with Crippen molar-refractivity contribution < 1.29 is 22.6 Å². The Kier molecular flexibility index (Phi) is 7.12. The summed E-state index contributed by atoms with van der Waals surface area (Å²) >= 11 is 6.71. The molecule has 15 heteroatoms. The fourth-order valence-corrected chi connectivity index (χ4v) is 8.76. The summed E-state index contributed by atoms with van der Waals surface area (Å²) in [5.41, 5.74) is 5.39. The number of benzene rings is 1. The third-order valence-corrected chi connectivity index (χ3v) is 11.3. The van der Waals surface area contributed by atoms with E-state index in [1.165, 1.54) is 12.3 Å². The van der Waals surface area contributed by atoms with Crippen LogP contribution in [0, 0.1) is 11.6 Å². The van der Waals surface area contributed by atoms with Gasteiger partial charge < -0.3 is 20.1 Å². The molecule has 4 aliphatic rings. The Bertz CT molecular complexity index is 2180. The van der Waals surface area contributed by atoms with Gasteiger partial charge in [-0.1, -0.05) is 11.6 Å². The Morgan fingerprint density at radius 1 is 1.12 bits per heavy atom. The van der Waals surface area contributed by atoms with E-state index in [2.05, 4.69) is 25.1 Å². The number of halogens is 4. The second kappa shape index (κ2) is 11.3. The van der Waals surface area contributed by atoms with Crippen molar-refractivity contribution in [1.82, 2.24) is 35.0 Å². The molecule has 5 aromatic rings. The first kappa shape index (κ1) is 31.5. The third kappa shape index (κ3) is 4.78.